The SMILES string of the molecule is C=CC(=O)NC(C)c1cccc(Cl)c1. The van der Waals surface area contributed by atoms with Gasteiger partial charge in [-0.1, -0.05) is 30.3 Å². The number of hydrogen-bond acceptors (Lipinski definition) is 1. The van der Waals surface area contributed by atoms with Crippen molar-refractivity contribution in [2.45, 2.75) is 13.0 Å². The van der Waals surface area contributed by atoms with Crippen LogP contribution in [0.25, 0.3) is 0 Å². The van der Waals surface area contributed by atoms with E-state index in [9.17, 15) is 4.79 Å². The molecule has 0 saturated heterocycles. The summed E-state index contributed by atoms with van der Waals surface area (Å²) in [6.07, 6.45) is 1.25. The Morgan fingerprint density at radius 1 is 1.64 bits per heavy atom. The molecular weight excluding hydrogens is 198 g/mol. The number of nitrogens with one attached hydrogen (secondary N) is 1. The van der Waals surface area contributed by atoms with Crippen LogP contribution in [-0.2, 0) is 4.79 Å². The highest BCUT2D eigenvalue weighted by Crippen LogP contribution is 2.16. The van der Waals surface area contributed by atoms with Crippen LogP contribution in [0.4, 0.5) is 0 Å². The molecule has 1 aromatic carbocycles. The maximum absolute atomic E-state index is 11.0. The molecule has 0 heterocycles. The molecule has 0 aliphatic heterocycles. The summed E-state index contributed by atoms with van der Waals surface area (Å²) in [5, 5.41) is 3.43. The summed E-state index contributed by atoms with van der Waals surface area (Å²) in [5.41, 5.74) is 0.979. The maximum Gasteiger partial charge on any atom is 0.243 e. The van der Waals surface area contributed by atoms with Crippen LogP contribution in [0, 0.1) is 0 Å². The second-order valence-electron chi connectivity index (χ2n) is 2.99. The molecule has 0 aliphatic rings. The molecule has 74 valence electrons. The van der Waals surface area contributed by atoms with E-state index in [0.717, 1.165) is 5.56 Å². The zero-order valence-electron chi connectivity index (χ0n) is 7.96. The molecule has 0 radical (unpaired) electrons. The highest BCUT2D eigenvalue weighted by molar-refractivity contribution is 6.30. The molecule has 1 atom stereocenters. The number of amides is 1. The first kappa shape index (κ1) is 10.8. The van der Waals surface area contributed by atoms with Crippen LogP contribution in [0.3, 0.4) is 0 Å². The van der Waals surface area contributed by atoms with Crippen LogP contribution in [-0.4, -0.2) is 5.91 Å². The Labute approximate surface area is 88.6 Å². The fourth-order valence-corrected chi connectivity index (χ4v) is 1.33. The minimum atomic E-state index is -0.183. The van der Waals surface area contributed by atoms with Crippen molar-refractivity contribution in [2.75, 3.05) is 0 Å². The van der Waals surface area contributed by atoms with Crippen molar-refractivity contribution in [3.8, 4) is 0 Å². The fraction of sp³-hybridized carbons (Fsp3) is 0.182. The van der Waals surface area contributed by atoms with E-state index in [-0.39, 0.29) is 11.9 Å². The summed E-state index contributed by atoms with van der Waals surface area (Å²) in [6, 6.07) is 7.34. The van der Waals surface area contributed by atoms with Gasteiger partial charge in [-0.25, -0.2) is 0 Å². The Kier molecular flexibility index (Phi) is 3.72. The first-order valence-electron chi connectivity index (χ1n) is 4.32. The van der Waals surface area contributed by atoms with Crippen molar-refractivity contribution in [2.24, 2.45) is 0 Å². The molecule has 0 spiro atoms. The Hall–Kier alpha value is -1.28. The van der Waals surface area contributed by atoms with Gasteiger partial charge >= 0.3 is 0 Å². The Bertz CT molecular complexity index is 349. The summed E-state index contributed by atoms with van der Waals surface area (Å²) in [4.78, 5) is 11.0. The summed E-state index contributed by atoms with van der Waals surface area (Å²) in [6.45, 7) is 5.28. The van der Waals surface area contributed by atoms with Gasteiger partial charge in [-0.2, -0.15) is 0 Å². The molecule has 14 heavy (non-hydrogen) atoms. The second-order valence-corrected chi connectivity index (χ2v) is 3.43. The van der Waals surface area contributed by atoms with Gasteiger partial charge in [-0.05, 0) is 30.7 Å². The van der Waals surface area contributed by atoms with Gasteiger partial charge in [-0.15, -0.1) is 0 Å². The average Bonchev–Trinajstić information content (AvgIpc) is 2.17. The summed E-state index contributed by atoms with van der Waals surface area (Å²) < 4.78 is 0. The number of halogens is 1. The summed E-state index contributed by atoms with van der Waals surface area (Å²) in [5.74, 6) is -0.183. The molecule has 0 bridgehead atoms. The first-order chi connectivity index (χ1) is 6.63. The lowest BCUT2D eigenvalue weighted by Gasteiger charge is -2.12. The first-order valence-corrected chi connectivity index (χ1v) is 4.69. The van der Waals surface area contributed by atoms with Crippen molar-refractivity contribution >= 4 is 17.5 Å². The normalized spacial score (nSPS) is 11.9. The van der Waals surface area contributed by atoms with Crippen LogP contribution < -0.4 is 5.32 Å². The summed E-state index contributed by atoms with van der Waals surface area (Å²) in [7, 11) is 0. The van der Waals surface area contributed by atoms with Crippen molar-refractivity contribution < 1.29 is 4.79 Å². The summed E-state index contributed by atoms with van der Waals surface area (Å²) >= 11 is 5.83. The standard InChI is InChI=1S/C11H12ClNO/c1-3-11(14)13-8(2)9-5-4-6-10(12)7-9/h3-8H,1H2,2H3,(H,13,14). The van der Waals surface area contributed by atoms with Crippen LogP contribution in [0.5, 0.6) is 0 Å². The lowest BCUT2D eigenvalue weighted by atomic mass is 10.1. The van der Waals surface area contributed by atoms with E-state index in [1.807, 2.05) is 25.1 Å². The van der Waals surface area contributed by atoms with Crippen LogP contribution in [0.15, 0.2) is 36.9 Å². The average molecular weight is 210 g/mol. The van der Waals surface area contributed by atoms with E-state index in [1.54, 1.807) is 6.07 Å². The van der Waals surface area contributed by atoms with Gasteiger partial charge < -0.3 is 5.32 Å². The van der Waals surface area contributed by atoms with Gasteiger partial charge in [0, 0.05) is 5.02 Å². The zero-order chi connectivity index (χ0) is 10.6. The van der Waals surface area contributed by atoms with E-state index in [2.05, 4.69) is 11.9 Å². The predicted octanol–water partition coefficient (Wildman–Crippen LogP) is 2.70. The Balaban J connectivity index is 2.74. The molecule has 1 amide bonds. The predicted molar refractivity (Wildman–Crippen MR) is 58.2 cm³/mol. The van der Waals surface area contributed by atoms with Gasteiger partial charge in [-0.3, -0.25) is 4.79 Å². The van der Waals surface area contributed by atoms with E-state index >= 15 is 0 Å². The second kappa shape index (κ2) is 4.82. The van der Waals surface area contributed by atoms with Crippen molar-refractivity contribution in [3.63, 3.8) is 0 Å². The van der Waals surface area contributed by atoms with E-state index in [1.165, 1.54) is 6.08 Å². The van der Waals surface area contributed by atoms with Gasteiger partial charge in [0.15, 0.2) is 0 Å². The number of carbonyl (C=O) groups is 1. The van der Waals surface area contributed by atoms with E-state index in [0.29, 0.717) is 5.02 Å². The van der Waals surface area contributed by atoms with Crippen LogP contribution >= 0.6 is 11.6 Å². The monoisotopic (exact) mass is 209 g/mol. The molecule has 1 aromatic rings. The lowest BCUT2D eigenvalue weighted by molar-refractivity contribution is -0.117. The molecule has 0 aliphatic carbocycles. The van der Waals surface area contributed by atoms with Crippen molar-refractivity contribution in [1.82, 2.24) is 5.32 Å². The Morgan fingerprint density at radius 3 is 2.93 bits per heavy atom. The number of benzene rings is 1. The molecule has 1 unspecified atom stereocenters. The zero-order valence-corrected chi connectivity index (χ0v) is 8.71. The largest absolute Gasteiger partial charge is 0.346 e. The third-order valence-corrected chi connectivity index (χ3v) is 2.13. The molecule has 0 saturated carbocycles. The highest BCUT2D eigenvalue weighted by Gasteiger charge is 2.06. The lowest BCUT2D eigenvalue weighted by Crippen LogP contribution is -2.24. The van der Waals surface area contributed by atoms with Gasteiger partial charge in [0.05, 0.1) is 6.04 Å². The molecule has 0 fully saturated rings. The van der Waals surface area contributed by atoms with Gasteiger partial charge in [0.25, 0.3) is 0 Å². The van der Waals surface area contributed by atoms with Gasteiger partial charge in [0.2, 0.25) is 5.91 Å². The third kappa shape index (κ3) is 2.89. The van der Waals surface area contributed by atoms with E-state index in [4.69, 9.17) is 11.6 Å². The number of carbonyl (C=O) groups excluding carboxylic acids is 1. The smallest absolute Gasteiger partial charge is 0.243 e. The third-order valence-electron chi connectivity index (χ3n) is 1.89. The maximum atomic E-state index is 11.0. The Morgan fingerprint density at radius 2 is 2.36 bits per heavy atom. The van der Waals surface area contributed by atoms with Crippen LogP contribution in [0.2, 0.25) is 5.02 Å². The van der Waals surface area contributed by atoms with E-state index < -0.39 is 0 Å². The molecular formula is C11H12ClNO. The minimum absolute atomic E-state index is 0.0563. The van der Waals surface area contributed by atoms with Crippen molar-refractivity contribution in [3.05, 3.63) is 47.5 Å². The van der Waals surface area contributed by atoms with Gasteiger partial charge in [0.1, 0.15) is 0 Å². The number of hydrogen-bond donors (Lipinski definition) is 1. The van der Waals surface area contributed by atoms with Crippen LogP contribution in [0.1, 0.15) is 18.5 Å². The fourth-order valence-electron chi connectivity index (χ4n) is 1.13. The molecule has 1 rings (SSSR count). The topological polar surface area (TPSA) is 29.1 Å². The molecule has 1 N–H and O–H groups in total. The molecule has 0 aromatic heterocycles. The highest BCUT2D eigenvalue weighted by atomic mass is 35.5. The molecule has 2 nitrogen and oxygen atoms in total. The minimum Gasteiger partial charge on any atom is -0.346 e. The quantitative estimate of drug-likeness (QED) is 0.762. The molecule has 3 heteroatoms. The number of rotatable bonds is 3. The van der Waals surface area contributed by atoms with Crippen molar-refractivity contribution in [1.29, 1.82) is 0 Å².